The van der Waals surface area contributed by atoms with Crippen LogP contribution in [0, 0.1) is 20.8 Å². The van der Waals surface area contributed by atoms with Gasteiger partial charge in [-0.25, -0.2) is 0 Å². The second-order valence-electron chi connectivity index (χ2n) is 7.34. The third-order valence-corrected chi connectivity index (χ3v) is 5.10. The lowest BCUT2D eigenvalue weighted by Gasteiger charge is -2.18. The van der Waals surface area contributed by atoms with E-state index in [2.05, 4.69) is 73.9 Å². The highest BCUT2D eigenvalue weighted by atomic mass is 16.5. The van der Waals surface area contributed by atoms with Gasteiger partial charge in [0.25, 0.3) is 0 Å². The number of nitrogens with zero attached hydrogens (tertiary/aromatic N) is 1. The maximum Gasteiger partial charge on any atom is 0.125 e. The zero-order valence-corrected chi connectivity index (χ0v) is 16.1. The molecule has 27 heavy (non-hydrogen) atoms. The van der Waals surface area contributed by atoms with Crippen molar-refractivity contribution < 1.29 is 9.84 Å². The lowest BCUT2D eigenvalue weighted by molar-refractivity contribution is 0.0938. The van der Waals surface area contributed by atoms with E-state index in [1.165, 1.54) is 16.3 Å². The Bertz CT molecular complexity index is 1030. The molecular formula is C24H25NO2. The van der Waals surface area contributed by atoms with Crippen molar-refractivity contribution >= 4 is 21.8 Å². The zero-order chi connectivity index (χ0) is 19.0. The summed E-state index contributed by atoms with van der Waals surface area (Å²) in [6.07, 6.45) is -0.593. The predicted octanol–water partition coefficient (Wildman–Crippen LogP) is 5.16. The van der Waals surface area contributed by atoms with Gasteiger partial charge in [0.2, 0.25) is 0 Å². The normalized spacial score (nSPS) is 12.6. The number of aliphatic hydroxyl groups excluding tert-OH is 1. The predicted molar refractivity (Wildman–Crippen MR) is 112 cm³/mol. The van der Waals surface area contributed by atoms with Crippen LogP contribution >= 0.6 is 0 Å². The quantitative estimate of drug-likeness (QED) is 0.534. The van der Waals surface area contributed by atoms with E-state index in [1.54, 1.807) is 0 Å². The minimum atomic E-state index is -0.593. The number of ether oxygens (including phenoxy) is 1. The van der Waals surface area contributed by atoms with Crippen LogP contribution in [0.4, 0.5) is 0 Å². The molecule has 1 heterocycles. The number of benzene rings is 3. The highest BCUT2D eigenvalue weighted by Gasteiger charge is 2.15. The van der Waals surface area contributed by atoms with Gasteiger partial charge in [-0.15, -0.1) is 0 Å². The third kappa shape index (κ3) is 3.31. The molecule has 4 rings (SSSR count). The second kappa shape index (κ2) is 7.09. The lowest BCUT2D eigenvalue weighted by atomic mass is 10.1. The minimum Gasteiger partial charge on any atom is -0.490 e. The van der Waals surface area contributed by atoms with Gasteiger partial charge in [-0.05, 0) is 44.0 Å². The van der Waals surface area contributed by atoms with Crippen LogP contribution in [0.15, 0.2) is 60.7 Å². The van der Waals surface area contributed by atoms with Crippen molar-refractivity contribution in [2.24, 2.45) is 0 Å². The van der Waals surface area contributed by atoms with E-state index < -0.39 is 6.10 Å². The van der Waals surface area contributed by atoms with Crippen LogP contribution in [0.2, 0.25) is 0 Å². The first-order valence-corrected chi connectivity index (χ1v) is 9.39. The molecule has 0 unspecified atom stereocenters. The van der Waals surface area contributed by atoms with E-state index in [-0.39, 0.29) is 6.61 Å². The maximum absolute atomic E-state index is 10.7. The molecule has 0 fully saturated rings. The Balaban J connectivity index is 1.59. The Morgan fingerprint density at radius 3 is 1.93 bits per heavy atom. The Labute approximate surface area is 159 Å². The summed E-state index contributed by atoms with van der Waals surface area (Å²) in [4.78, 5) is 0. The van der Waals surface area contributed by atoms with Crippen LogP contribution in [0.1, 0.15) is 16.7 Å². The molecule has 0 bridgehead atoms. The summed E-state index contributed by atoms with van der Waals surface area (Å²) in [6, 6.07) is 20.9. The third-order valence-electron chi connectivity index (χ3n) is 5.10. The van der Waals surface area contributed by atoms with Gasteiger partial charge in [0.05, 0.1) is 6.54 Å². The fourth-order valence-corrected chi connectivity index (χ4v) is 4.04. The van der Waals surface area contributed by atoms with Gasteiger partial charge in [-0.2, -0.15) is 0 Å². The van der Waals surface area contributed by atoms with Gasteiger partial charge in [0, 0.05) is 21.8 Å². The Hall–Kier alpha value is -2.78. The van der Waals surface area contributed by atoms with E-state index in [1.807, 2.05) is 12.1 Å². The molecule has 0 amide bonds. The fraction of sp³-hybridized carbons (Fsp3) is 0.250. The number of aliphatic hydroxyl groups is 1. The largest absolute Gasteiger partial charge is 0.490 e. The molecule has 0 spiro atoms. The molecule has 1 aromatic heterocycles. The fourth-order valence-electron chi connectivity index (χ4n) is 4.04. The van der Waals surface area contributed by atoms with Gasteiger partial charge in [-0.1, -0.05) is 54.1 Å². The van der Waals surface area contributed by atoms with Crippen LogP contribution < -0.4 is 4.74 Å². The number of aromatic nitrogens is 1. The van der Waals surface area contributed by atoms with Crippen LogP contribution in [-0.2, 0) is 6.54 Å². The molecule has 0 aliphatic carbocycles. The number of aryl methyl sites for hydroxylation is 3. The van der Waals surface area contributed by atoms with E-state index in [9.17, 15) is 5.11 Å². The van der Waals surface area contributed by atoms with Crippen molar-refractivity contribution in [2.45, 2.75) is 33.4 Å². The second-order valence-corrected chi connectivity index (χ2v) is 7.34. The number of para-hydroxylation sites is 2. The van der Waals surface area contributed by atoms with Crippen LogP contribution in [0.25, 0.3) is 21.8 Å². The molecule has 0 aliphatic rings. The summed E-state index contributed by atoms with van der Waals surface area (Å²) >= 11 is 0. The average molecular weight is 359 g/mol. The summed E-state index contributed by atoms with van der Waals surface area (Å²) in [5.74, 6) is 0.877. The molecule has 1 atom stereocenters. The molecule has 138 valence electrons. The first kappa shape index (κ1) is 17.6. The van der Waals surface area contributed by atoms with Crippen molar-refractivity contribution in [2.75, 3.05) is 6.61 Å². The number of fused-ring (bicyclic) bond motifs is 3. The van der Waals surface area contributed by atoms with Gasteiger partial charge in [0.15, 0.2) is 0 Å². The van der Waals surface area contributed by atoms with Crippen molar-refractivity contribution in [1.82, 2.24) is 4.57 Å². The highest BCUT2D eigenvalue weighted by Crippen LogP contribution is 2.29. The van der Waals surface area contributed by atoms with E-state index in [0.29, 0.717) is 6.54 Å². The van der Waals surface area contributed by atoms with Gasteiger partial charge >= 0.3 is 0 Å². The molecular weight excluding hydrogens is 334 g/mol. The maximum atomic E-state index is 10.7. The van der Waals surface area contributed by atoms with E-state index in [4.69, 9.17) is 4.74 Å². The monoisotopic (exact) mass is 359 g/mol. The molecule has 0 saturated heterocycles. The molecule has 3 heteroatoms. The number of rotatable bonds is 5. The van der Waals surface area contributed by atoms with Crippen molar-refractivity contribution in [3.8, 4) is 5.75 Å². The average Bonchev–Trinajstić information content (AvgIpc) is 2.95. The van der Waals surface area contributed by atoms with Crippen LogP contribution in [0.3, 0.4) is 0 Å². The standard InChI is InChI=1S/C24H25NO2/c1-16-12-17(2)24(18(3)13-16)27-15-19(26)14-25-22-10-6-4-8-20(22)21-9-5-7-11-23(21)25/h4-13,19,26H,14-15H2,1-3H3/t19-/m1/s1. The van der Waals surface area contributed by atoms with Crippen molar-refractivity contribution in [1.29, 1.82) is 0 Å². The molecule has 0 saturated carbocycles. The lowest BCUT2D eigenvalue weighted by Crippen LogP contribution is -2.24. The Morgan fingerprint density at radius 2 is 1.37 bits per heavy atom. The molecule has 3 nitrogen and oxygen atoms in total. The van der Waals surface area contributed by atoms with Crippen molar-refractivity contribution in [3.63, 3.8) is 0 Å². The molecule has 3 aromatic carbocycles. The highest BCUT2D eigenvalue weighted by molar-refractivity contribution is 6.07. The topological polar surface area (TPSA) is 34.4 Å². The Morgan fingerprint density at radius 1 is 0.852 bits per heavy atom. The molecule has 1 N–H and O–H groups in total. The zero-order valence-electron chi connectivity index (χ0n) is 16.1. The van der Waals surface area contributed by atoms with E-state index >= 15 is 0 Å². The summed E-state index contributed by atoms with van der Waals surface area (Å²) in [6.45, 7) is 6.95. The van der Waals surface area contributed by atoms with Gasteiger partial charge < -0.3 is 14.4 Å². The van der Waals surface area contributed by atoms with Crippen LogP contribution in [-0.4, -0.2) is 22.4 Å². The molecule has 4 aromatic rings. The summed E-state index contributed by atoms with van der Waals surface area (Å²) in [7, 11) is 0. The van der Waals surface area contributed by atoms with Crippen molar-refractivity contribution in [3.05, 3.63) is 77.4 Å². The van der Waals surface area contributed by atoms with E-state index in [0.717, 1.165) is 27.9 Å². The molecule has 0 aliphatic heterocycles. The first-order valence-electron chi connectivity index (χ1n) is 9.39. The van der Waals surface area contributed by atoms with Crippen LogP contribution in [0.5, 0.6) is 5.75 Å². The summed E-state index contributed by atoms with van der Waals surface area (Å²) in [5.41, 5.74) is 5.72. The first-order chi connectivity index (χ1) is 13.0. The smallest absolute Gasteiger partial charge is 0.125 e. The molecule has 0 radical (unpaired) electrons. The van der Waals surface area contributed by atoms with Gasteiger partial charge in [0.1, 0.15) is 18.5 Å². The summed E-state index contributed by atoms with van der Waals surface area (Å²) in [5, 5.41) is 13.1. The number of hydrogen-bond donors (Lipinski definition) is 1. The number of hydrogen-bond acceptors (Lipinski definition) is 2. The van der Waals surface area contributed by atoms with Gasteiger partial charge in [-0.3, -0.25) is 0 Å². The Kier molecular flexibility index (Phi) is 4.63. The minimum absolute atomic E-state index is 0.269. The SMILES string of the molecule is Cc1cc(C)c(OC[C@H](O)Cn2c3ccccc3c3ccccc32)c(C)c1. The summed E-state index contributed by atoms with van der Waals surface area (Å²) < 4.78 is 8.18.